The Kier molecular flexibility index (Phi) is 4.68. The van der Waals surface area contributed by atoms with Crippen LogP contribution >= 0.6 is 15.9 Å². The van der Waals surface area contributed by atoms with E-state index in [4.69, 9.17) is 9.47 Å². The molecule has 4 nitrogen and oxygen atoms in total. The number of carbonyl (C=O) groups excluding carboxylic acids is 1. The van der Waals surface area contributed by atoms with Gasteiger partial charge in [0.15, 0.2) is 11.5 Å². The minimum absolute atomic E-state index is 0.0957. The maximum atomic E-state index is 12.8. The molecule has 0 bridgehead atoms. The predicted octanol–water partition coefficient (Wildman–Crippen LogP) is 3.24. The zero-order chi connectivity index (χ0) is 14.7. The number of alkyl halides is 1. The van der Waals surface area contributed by atoms with Gasteiger partial charge in [-0.25, -0.2) is 0 Å². The first-order chi connectivity index (χ1) is 10.3. The maximum absolute atomic E-state index is 12.8. The quantitative estimate of drug-likeness (QED) is 0.780. The van der Waals surface area contributed by atoms with Gasteiger partial charge in [-0.15, -0.1) is 0 Å². The molecular weight excluding hydrogens is 334 g/mol. The molecule has 1 fully saturated rings. The Labute approximate surface area is 133 Å². The first-order valence-corrected chi connectivity index (χ1v) is 8.68. The average molecular weight is 354 g/mol. The molecule has 0 N–H and O–H groups in total. The predicted molar refractivity (Wildman–Crippen MR) is 84.5 cm³/mol. The van der Waals surface area contributed by atoms with E-state index in [1.807, 2.05) is 23.1 Å². The fraction of sp³-hybridized carbons (Fsp3) is 0.562. The standard InChI is InChI=1S/C16H20BrNO3/c17-7-8-18(13-3-1-2-4-13)16(19)12-5-6-14-15(11-12)21-10-9-20-14/h5-6,11,13H,1-4,7-10H2. The molecule has 0 atom stereocenters. The molecule has 0 unspecified atom stereocenters. The maximum Gasteiger partial charge on any atom is 0.254 e. The molecule has 0 aromatic heterocycles. The third-order valence-corrected chi connectivity index (χ3v) is 4.50. The van der Waals surface area contributed by atoms with Crippen molar-refractivity contribution >= 4 is 21.8 Å². The second-order valence-electron chi connectivity index (χ2n) is 5.48. The van der Waals surface area contributed by atoms with Gasteiger partial charge in [-0.1, -0.05) is 28.8 Å². The number of rotatable bonds is 4. The van der Waals surface area contributed by atoms with Gasteiger partial charge >= 0.3 is 0 Å². The molecule has 1 amide bonds. The van der Waals surface area contributed by atoms with Gasteiger partial charge in [0.25, 0.3) is 5.91 Å². The average Bonchev–Trinajstić information content (AvgIpc) is 3.05. The normalized spacial score (nSPS) is 17.8. The van der Waals surface area contributed by atoms with Crippen LogP contribution in [0.25, 0.3) is 0 Å². The fourth-order valence-corrected chi connectivity index (χ4v) is 3.48. The summed E-state index contributed by atoms with van der Waals surface area (Å²) in [5.74, 6) is 1.50. The van der Waals surface area contributed by atoms with Crippen molar-refractivity contribution in [3.8, 4) is 11.5 Å². The van der Waals surface area contributed by atoms with Crippen molar-refractivity contribution in [2.24, 2.45) is 0 Å². The minimum atomic E-state index is 0.0957. The zero-order valence-corrected chi connectivity index (χ0v) is 13.6. The lowest BCUT2D eigenvalue weighted by Crippen LogP contribution is -2.40. The van der Waals surface area contributed by atoms with Gasteiger partial charge in [0.1, 0.15) is 13.2 Å². The highest BCUT2D eigenvalue weighted by molar-refractivity contribution is 9.09. The molecule has 0 radical (unpaired) electrons. The summed E-state index contributed by atoms with van der Waals surface area (Å²) in [6, 6.07) is 5.87. The van der Waals surface area contributed by atoms with Gasteiger partial charge in [-0.05, 0) is 31.0 Å². The van der Waals surface area contributed by atoms with Gasteiger partial charge < -0.3 is 14.4 Å². The second-order valence-corrected chi connectivity index (χ2v) is 6.28. The molecule has 21 heavy (non-hydrogen) atoms. The van der Waals surface area contributed by atoms with Crippen LogP contribution < -0.4 is 9.47 Å². The Morgan fingerprint density at radius 3 is 2.62 bits per heavy atom. The van der Waals surface area contributed by atoms with E-state index in [1.165, 1.54) is 12.8 Å². The number of ether oxygens (including phenoxy) is 2. The third kappa shape index (κ3) is 3.18. The summed E-state index contributed by atoms with van der Waals surface area (Å²) in [6.07, 6.45) is 4.67. The summed E-state index contributed by atoms with van der Waals surface area (Å²) in [4.78, 5) is 14.8. The van der Waals surface area contributed by atoms with Crippen molar-refractivity contribution < 1.29 is 14.3 Å². The number of benzene rings is 1. The van der Waals surface area contributed by atoms with Crippen LogP contribution in [0.1, 0.15) is 36.0 Å². The molecule has 1 aliphatic carbocycles. The van der Waals surface area contributed by atoms with E-state index >= 15 is 0 Å². The molecule has 1 aromatic rings. The lowest BCUT2D eigenvalue weighted by molar-refractivity contribution is 0.0695. The van der Waals surface area contributed by atoms with E-state index in [1.54, 1.807) is 0 Å². The molecule has 5 heteroatoms. The number of hydrogen-bond donors (Lipinski definition) is 0. The van der Waals surface area contributed by atoms with Crippen LogP contribution in [0.15, 0.2) is 18.2 Å². The van der Waals surface area contributed by atoms with Gasteiger partial charge in [0.2, 0.25) is 0 Å². The van der Waals surface area contributed by atoms with Gasteiger partial charge in [0.05, 0.1) is 0 Å². The summed E-state index contributed by atoms with van der Waals surface area (Å²) < 4.78 is 11.1. The van der Waals surface area contributed by atoms with E-state index in [0.717, 1.165) is 30.5 Å². The van der Waals surface area contributed by atoms with Crippen molar-refractivity contribution in [1.29, 1.82) is 0 Å². The fourth-order valence-electron chi connectivity index (χ4n) is 3.10. The highest BCUT2D eigenvalue weighted by Crippen LogP contribution is 2.32. The first kappa shape index (κ1) is 14.7. The molecule has 1 saturated carbocycles. The topological polar surface area (TPSA) is 38.8 Å². The van der Waals surface area contributed by atoms with Crippen molar-refractivity contribution in [1.82, 2.24) is 4.90 Å². The number of hydrogen-bond acceptors (Lipinski definition) is 3. The monoisotopic (exact) mass is 353 g/mol. The Hall–Kier alpha value is -1.23. The SMILES string of the molecule is O=C(c1ccc2c(c1)OCCO2)N(CCBr)C1CCCC1. The van der Waals surface area contributed by atoms with Gasteiger partial charge in [-0.3, -0.25) is 4.79 Å². The largest absolute Gasteiger partial charge is 0.486 e. The highest BCUT2D eigenvalue weighted by Gasteiger charge is 2.27. The van der Waals surface area contributed by atoms with Gasteiger partial charge in [-0.2, -0.15) is 0 Å². The smallest absolute Gasteiger partial charge is 0.254 e. The van der Waals surface area contributed by atoms with E-state index in [9.17, 15) is 4.79 Å². The van der Waals surface area contributed by atoms with E-state index in [2.05, 4.69) is 15.9 Å². The summed E-state index contributed by atoms with van der Waals surface area (Å²) in [7, 11) is 0. The van der Waals surface area contributed by atoms with Crippen LogP contribution in [0.3, 0.4) is 0 Å². The van der Waals surface area contributed by atoms with Gasteiger partial charge in [0, 0.05) is 23.5 Å². The Morgan fingerprint density at radius 1 is 1.19 bits per heavy atom. The first-order valence-electron chi connectivity index (χ1n) is 7.56. The molecule has 0 spiro atoms. The van der Waals surface area contributed by atoms with Crippen LogP contribution in [0.5, 0.6) is 11.5 Å². The van der Waals surface area contributed by atoms with Crippen molar-refractivity contribution in [2.75, 3.05) is 25.1 Å². The summed E-state index contributed by atoms with van der Waals surface area (Å²) in [6.45, 7) is 1.86. The summed E-state index contributed by atoms with van der Waals surface area (Å²) in [5.41, 5.74) is 0.687. The molecule has 114 valence electrons. The van der Waals surface area contributed by atoms with Crippen molar-refractivity contribution in [3.05, 3.63) is 23.8 Å². The number of fused-ring (bicyclic) bond motifs is 1. The lowest BCUT2D eigenvalue weighted by atomic mass is 10.1. The summed E-state index contributed by atoms with van der Waals surface area (Å²) in [5, 5.41) is 0.805. The molecular formula is C16H20BrNO3. The number of amides is 1. The highest BCUT2D eigenvalue weighted by atomic mass is 79.9. The third-order valence-electron chi connectivity index (χ3n) is 4.14. The van der Waals surface area contributed by atoms with Crippen LogP contribution in [-0.4, -0.2) is 41.9 Å². The van der Waals surface area contributed by atoms with Crippen molar-refractivity contribution in [2.45, 2.75) is 31.7 Å². The van der Waals surface area contributed by atoms with Crippen LogP contribution in [0.2, 0.25) is 0 Å². The lowest BCUT2D eigenvalue weighted by Gasteiger charge is -2.29. The molecule has 1 aromatic carbocycles. The number of nitrogens with zero attached hydrogens (tertiary/aromatic N) is 1. The Balaban J connectivity index is 1.81. The minimum Gasteiger partial charge on any atom is -0.486 e. The van der Waals surface area contributed by atoms with E-state index in [-0.39, 0.29) is 5.91 Å². The molecule has 2 aliphatic rings. The second kappa shape index (κ2) is 6.69. The number of carbonyl (C=O) groups is 1. The Bertz CT molecular complexity index is 514. The van der Waals surface area contributed by atoms with Crippen LogP contribution in [-0.2, 0) is 0 Å². The summed E-state index contributed by atoms with van der Waals surface area (Å²) >= 11 is 3.46. The van der Waals surface area contributed by atoms with Crippen LogP contribution in [0, 0.1) is 0 Å². The molecule has 3 rings (SSSR count). The molecule has 1 aliphatic heterocycles. The van der Waals surface area contributed by atoms with E-state index < -0.39 is 0 Å². The Morgan fingerprint density at radius 2 is 1.90 bits per heavy atom. The zero-order valence-electron chi connectivity index (χ0n) is 12.0. The molecule has 0 saturated heterocycles. The molecule has 1 heterocycles. The number of halogens is 1. The van der Waals surface area contributed by atoms with Crippen molar-refractivity contribution in [3.63, 3.8) is 0 Å². The van der Waals surface area contributed by atoms with E-state index in [0.29, 0.717) is 30.6 Å². The van der Waals surface area contributed by atoms with Crippen LogP contribution in [0.4, 0.5) is 0 Å².